The van der Waals surface area contributed by atoms with Gasteiger partial charge in [-0.15, -0.1) is 0 Å². The summed E-state index contributed by atoms with van der Waals surface area (Å²) in [6.07, 6.45) is 1.36. The van der Waals surface area contributed by atoms with Crippen LogP contribution in [0.4, 0.5) is 5.82 Å². The quantitative estimate of drug-likeness (QED) is 0.403. The Balaban J connectivity index is 2.73. The molecular weight excluding hydrogens is 188 g/mol. The number of hydrogen-bond donors (Lipinski definition) is 0. The third-order valence-corrected chi connectivity index (χ3v) is 1.57. The van der Waals surface area contributed by atoms with Crippen LogP contribution in [0.2, 0.25) is 0 Å². The molecule has 0 amide bonds. The molecule has 0 aliphatic rings. The molecule has 0 unspecified atom stereocenters. The Kier molecular flexibility index (Phi) is 3.11. The lowest BCUT2D eigenvalue weighted by Crippen LogP contribution is -2.04. The van der Waals surface area contributed by atoms with Crippen molar-refractivity contribution in [1.29, 1.82) is 0 Å². The van der Waals surface area contributed by atoms with Crippen molar-refractivity contribution in [1.82, 2.24) is 4.98 Å². The van der Waals surface area contributed by atoms with Gasteiger partial charge in [0.25, 0.3) is 0 Å². The maximum Gasteiger partial charge on any atom is 0.363 e. The minimum atomic E-state index is -0.595. The molecule has 0 atom stereocenters. The maximum atomic E-state index is 10.8. The molecule has 0 saturated carbocycles. The molecule has 1 aromatic heterocycles. The average molecular weight is 196 g/mol. The van der Waals surface area contributed by atoms with Gasteiger partial charge >= 0.3 is 11.8 Å². The van der Waals surface area contributed by atoms with Gasteiger partial charge in [0, 0.05) is 11.6 Å². The van der Waals surface area contributed by atoms with E-state index in [9.17, 15) is 14.9 Å². The molecule has 0 aromatic carbocycles. The first kappa shape index (κ1) is 10.1. The van der Waals surface area contributed by atoms with E-state index in [-0.39, 0.29) is 12.2 Å². The minimum Gasteiger partial charge on any atom is -0.469 e. The molecule has 0 bridgehead atoms. The van der Waals surface area contributed by atoms with Gasteiger partial charge in [0.05, 0.1) is 13.5 Å². The van der Waals surface area contributed by atoms with Gasteiger partial charge in [-0.3, -0.25) is 4.79 Å². The van der Waals surface area contributed by atoms with Gasteiger partial charge in [-0.2, -0.15) is 0 Å². The zero-order valence-corrected chi connectivity index (χ0v) is 7.47. The van der Waals surface area contributed by atoms with Crippen LogP contribution in [0.1, 0.15) is 5.56 Å². The van der Waals surface area contributed by atoms with E-state index in [1.165, 1.54) is 25.4 Å². The summed E-state index contributed by atoms with van der Waals surface area (Å²) >= 11 is 0. The lowest BCUT2D eigenvalue weighted by molar-refractivity contribution is -0.389. The highest BCUT2D eigenvalue weighted by Crippen LogP contribution is 2.07. The summed E-state index contributed by atoms with van der Waals surface area (Å²) < 4.78 is 4.43. The van der Waals surface area contributed by atoms with E-state index in [0.717, 1.165) is 0 Å². The Morgan fingerprint density at radius 2 is 2.36 bits per heavy atom. The van der Waals surface area contributed by atoms with Crippen molar-refractivity contribution in [2.45, 2.75) is 6.42 Å². The molecule has 6 heteroatoms. The van der Waals surface area contributed by atoms with Gasteiger partial charge in [-0.05, 0) is 16.0 Å². The molecule has 0 aliphatic heterocycles. The second-order valence-electron chi connectivity index (χ2n) is 2.53. The lowest BCUT2D eigenvalue weighted by atomic mass is 10.2. The first-order valence-corrected chi connectivity index (χ1v) is 3.79. The van der Waals surface area contributed by atoms with Gasteiger partial charge < -0.3 is 14.9 Å². The number of rotatable bonds is 3. The summed E-state index contributed by atoms with van der Waals surface area (Å²) in [5.41, 5.74) is 0.586. The zero-order valence-electron chi connectivity index (χ0n) is 7.47. The van der Waals surface area contributed by atoms with Crippen molar-refractivity contribution in [3.8, 4) is 0 Å². The smallest absolute Gasteiger partial charge is 0.363 e. The highest BCUT2D eigenvalue weighted by molar-refractivity contribution is 5.72. The van der Waals surface area contributed by atoms with Crippen LogP contribution in [0.15, 0.2) is 18.3 Å². The number of hydrogen-bond acceptors (Lipinski definition) is 5. The fraction of sp³-hybridized carbons (Fsp3) is 0.250. The SMILES string of the molecule is COC(=O)Cc1ccc([N+](=O)[O-])nc1. The van der Waals surface area contributed by atoms with E-state index in [1.54, 1.807) is 0 Å². The van der Waals surface area contributed by atoms with Gasteiger partial charge in [0.2, 0.25) is 0 Å². The number of esters is 1. The van der Waals surface area contributed by atoms with Crippen LogP contribution in [0.25, 0.3) is 0 Å². The van der Waals surface area contributed by atoms with Crippen molar-refractivity contribution in [2.75, 3.05) is 7.11 Å². The maximum absolute atomic E-state index is 10.8. The van der Waals surface area contributed by atoms with E-state index < -0.39 is 10.9 Å². The number of carbonyl (C=O) groups is 1. The average Bonchev–Trinajstić information content (AvgIpc) is 2.18. The Bertz CT molecular complexity index is 347. The van der Waals surface area contributed by atoms with Crippen molar-refractivity contribution in [2.24, 2.45) is 0 Å². The van der Waals surface area contributed by atoms with Gasteiger partial charge in [0.1, 0.15) is 6.20 Å². The summed E-state index contributed by atoms with van der Waals surface area (Å²) in [5, 5.41) is 10.2. The van der Waals surface area contributed by atoms with Gasteiger partial charge in [-0.1, -0.05) is 0 Å². The molecule has 0 aliphatic carbocycles. The summed E-state index contributed by atoms with van der Waals surface area (Å²) in [6.45, 7) is 0. The zero-order chi connectivity index (χ0) is 10.6. The van der Waals surface area contributed by atoms with Crippen LogP contribution >= 0.6 is 0 Å². The highest BCUT2D eigenvalue weighted by atomic mass is 16.6. The van der Waals surface area contributed by atoms with Crippen LogP contribution in [-0.4, -0.2) is 23.0 Å². The molecule has 6 nitrogen and oxygen atoms in total. The van der Waals surface area contributed by atoms with Gasteiger partial charge in [-0.25, -0.2) is 0 Å². The fourth-order valence-corrected chi connectivity index (χ4v) is 0.868. The second kappa shape index (κ2) is 4.31. The summed E-state index contributed by atoms with van der Waals surface area (Å²) in [5.74, 6) is -0.640. The number of nitro groups is 1. The summed E-state index contributed by atoms with van der Waals surface area (Å²) in [6, 6.07) is 2.72. The molecular formula is C8H8N2O4. The number of methoxy groups -OCH3 is 1. The topological polar surface area (TPSA) is 82.3 Å². The number of ether oxygens (including phenoxy) is 1. The van der Waals surface area contributed by atoms with Crippen LogP contribution in [0.3, 0.4) is 0 Å². The molecule has 0 N–H and O–H groups in total. The van der Waals surface area contributed by atoms with Crippen molar-refractivity contribution < 1.29 is 14.5 Å². The molecule has 0 radical (unpaired) electrons. The molecule has 14 heavy (non-hydrogen) atoms. The Labute approximate surface area is 79.7 Å². The monoisotopic (exact) mass is 196 g/mol. The molecule has 74 valence electrons. The van der Waals surface area contributed by atoms with Crippen LogP contribution < -0.4 is 0 Å². The predicted octanol–water partition coefficient (Wildman–Crippen LogP) is 0.705. The van der Waals surface area contributed by atoms with Crippen LogP contribution in [0.5, 0.6) is 0 Å². The van der Waals surface area contributed by atoms with Crippen LogP contribution in [0, 0.1) is 10.1 Å². The molecule has 0 spiro atoms. The number of aromatic nitrogens is 1. The number of nitrogens with zero attached hydrogens (tertiary/aromatic N) is 2. The van der Waals surface area contributed by atoms with E-state index in [1.807, 2.05) is 0 Å². The van der Waals surface area contributed by atoms with E-state index >= 15 is 0 Å². The van der Waals surface area contributed by atoms with E-state index in [0.29, 0.717) is 5.56 Å². The van der Waals surface area contributed by atoms with E-state index in [4.69, 9.17) is 0 Å². The predicted molar refractivity (Wildman–Crippen MR) is 46.6 cm³/mol. The molecule has 0 fully saturated rings. The molecule has 1 aromatic rings. The minimum absolute atomic E-state index is 0.0709. The summed E-state index contributed by atoms with van der Waals surface area (Å²) in [4.78, 5) is 24.0. The van der Waals surface area contributed by atoms with Crippen molar-refractivity contribution in [3.63, 3.8) is 0 Å². The molecule has 1 rings (SSSR count). The Hall–Kier alpha value is -1.98. The lowest BCUT2D eigenvalue weighted by Gasteiger charge is -1.97. The first-order chi connectivity index (χ1) is 6.63. The third-order valence-electron chi connectivity index (χ3n) is 1.57. The Morgan fingerprint density at radius 1 is 1.64 bits per heavy atom. The number of pyridine rings is 1. The first-order valence-electron chi connectivity index (χ1n) is 3.79. The number of carbonyl (C=O) groups excluding carboxylic acids is 1. The highest BCUT2D eigenvalue weighted by Gasteiger charge is 2.08. The molecule has 1 heterocycles. The normalized spacial score (nSPS) is 9.50. The Morgan fingerprint density at radius 3 is 2.79 bits per heavy atom. The third kappa shape index (κ3) is 2.51. The summed E-state index contributed by atoms with van der Waals surface area (Å²) in [7, 11) is 1.28. The van der Waals surface area contributed by atoms with Crippen molar-refractivity contribution >= 4 is 11.8 Å². The molecule has 0 saturated heterocycles. The largest absolute Gasteiger partial charge is 0.469 e. The fourth-order valence-electron chi connectivity index (χ4n) is 0.868. The van der Waals surface area contributed by atoms with Gasteiger partial charge in [0.15, 0.2) is 0 Å². The standard InChI is InChI=1S/C8H8N2O4/c1-14-8(11)4-6-2-3-7(9-5-6)10(12)13/h2-3,5H,4H2,1H3. The van der Waals surface area contributed by atoms with Crippen molar-refractivity contribution in [3.05, 3.63) is 34.0 Å². The van der Waals surface area contributed by atoms with E-state index in [2.05, 4.69) is 9.72 Å². The second-order valence-corrected chi connectivity index (χ2v) is 2.53. The van der Waals surface area contributed by atoms with Crippen LogP contribution in [-0.2, 0) is 16.0 Å².